The fourth-order valence-corrected chi connectivity index (χ4v) is 4.85. The summed E-state index contributed by atoms with van der Waals surface area (Å²) in [5, 5.41) is 6.51. The van der Waals surface area contributed by atoms with Gasteiger partial charge in [0.05, 0.1) is 16.3 Å². The van der Waals surface area contributed by atoms with Crippen LogP contribution < -0.4 is 10.2 Å². The number of aromatic nitrogens is 1. The van der Waals surface area contributed by atoms with Gasteiger partial charge in [-0.3, -0.25) is 4.79 Å². The van der Waals surface area contributed by atoms with Gasteiger partial charge in [0, 0.05) is 29.7 Å². The molecule has 0 atom stereocenters. The Labute approximate surface area is 180 Å². The van der Waals surface area contributed by atoms with Crippen molar-refractivity contribution in [2.24, 2.45) is 0 Å². The second kappa shape index (κ2) is 8.97. The Morgan fingerprint density at radius 3 is 2.55 bits per heavy atom. The van der Waals surface area contributed by atoms with Crippen molar-refractivity contribution in [3.05, 3.63) is 64.5 Å². The van der Waals surface area contributed by atoms with E-state index < -0.39 is 0 Å². The SMILES string of the molecule is CN(c1nc(-c2ccc(NC(=O)c3ccccc3Cl)cc2)cs1)C1CCCCC1. The fraction of sp³-hybridized carbons (Fsp3) is 0.304. The number of carbonyl (C=O) groups is 1. The Morgan fingerprint density at radius 2 is 1.83 bits per heavy atom. The molecule has 0 radical (unpaired) electrons. The third kappa shape index (κ3) is 4.62. The normalized spacial score (nSPS) is 14.6. The summed E-state index contributed by atoms with van der Waals surface area (Å²) in [6, 6.07) is 15.4. The molecule has 2 aromatic carbocycles. The zero-order valence-electron chi connectivity index (χ0n) is 16.4. The Kier molecular flexibility index (Phi) is 6.16. The van der Waals surface area contributed by atoms with Crippen molar-refractivity contribution in [1.82, 2.24) is 4.98 Å². The second-order valence-electron chi connectivity index (χ2n) is 7.43. The summed E-state index contributed by atoms with van der Waals surface area (Å²) >= 11 is 7.79. The summed E-state index contributed by atoms with van der Waals surface area (Å²) < 4.78 is 0. The molecular weight excluding hydrogens is 402 g/mol. The van der Waals surface area contributed by atoms with E-state index in [2.05, 4.69) is 22.6 Å². The first-order valence-electron chi connectivity index (χ1n) is 9.96. The van der Waals surface area contributed by atoms with E-state index in [-0.39, 0.29) is 5.91 Å². The van der Waals surface area contributed by atoms with Crippen molar-refractivity contribution >= 4 is 39.7 Å². The molecule has 1 saturated carbocycles. The molecule has 0 unspecified atom stereocenters. The number of amides is 1. The van der Waals surface area contributed by atoms with Crippen LogP contribution in [0.15, 0.2) is 53.9 Å². The average Bonchev–Trinajstić information content (AvgIpc) is 3.25. The second-order valence-corrected chi connectivity index (χ2v) is 8.67. The first-order valence-corrected chi connectivity index (χ1v) is 11.2. The Bertz CT molecular complexity index is 980. The highest BCUT2D eigenvalue weighted by atomic mass is 35.5. The van der Waals surface area contributed by atoms with E-state index in [1.54, 1.807) is 29.5 Å². The molecule has 0 bridgehead atoms. The third-order valence-corrected chi connectivity index (χ3v) is 6.73. The van der Waals surface area contributed by atoms with Gasteiger partial charge >= 0.3 is 0 Å². The maximum atomic E-state index is 12.4. The lowest BCUT2D eigenvalue weighted by Gasteiger charge is -2.30. The topological polar surface area (TPSA) is 45.2 Å². The largest absolute Gasteiger partial charge is 0.348 e. The van der Waals surface area contributed by atoms with Crippen molar-refractivity contribution in [2.45, 2.75) is 38.1 Å². The molecule has 6 heteroatoms. The van der Waals surface area contributed by atoms with Gasteiger partial charge in [-0.25, -0.2) is 4.98 Å². The van der Waals surface area contributed by atoms with E-state index in [0.717, 1.165) is 22.1 Å². The summed E-state index contributed by atoms with van der Waals surface area (Å²) in [6.07, 6.45) is 6.49. The molecule has 1 aliphatic carbocycles. The van der Waals surface area contributed by atoms with Crippen molar-refractivity contribution in [3.63, 3.8) is 0 Å². The van der Waals surface area contributed by atoms with Crippen LogP contribution in [0.5, 0.6) is 0 Å². The molecule has 1 N–H and O–H groups in total. The van der Waals surface area contributed by atoms with Gasteiger partial charge in [-0.2, -0.15) is 0 Å². The van der Waals surface area contributed by atoms with E-state index in [1.807, 2.05) is 30.3 Å². The number of hydrogen-bond donors (Lipinski definition) is 1. The number of thiazole rings is 1. The van der Waals surface area contributed by atoms with Gasteiger partial charge in [-0.15, -0.1) is 11.3 Å². The molecule has 1 fully saturated rings. The molecule has 0 spiro atoms. The van der Waals surface area contributed by atoms with Gasteiger partial charge < -0.3 is 10.2 Å². The number of anilines is 2. The van der Waals surface area contributed by atoms with Crippen molar-refractivity contribution in [3.8, 4) is 11.3 Å². The Morgan fingerprint density at radius 1 is 1.10 bits per heavy atom. The highest BCUT2D eigenvalue weighted by molar-refractivity contribution is 7.14. The van der Waals surface area contributed by atoms with Gasteiger partial charge in [0.1, 0.15) is 0 Å². The summed E-state index contributed by atoms with van der Waals surface area (Å²) in [7, 11) is 2.16. The molecule has 1 aliphatic rings. The number of nitrogens with one attached hydrogen (secondary N) is 1. The molecule has 3 aromatic rings. The Hall–Kier alpha value is -2.37. The Balaban J connectivity index is 1.43. The fourth-order valence-electron chi connectivity index (χ4n) is 3.75. The van der Waals surface area contributed by atoms with Crippen LogP contribution in [0.3, 0.4) is 0 Å². The van der Waals surface area contributed by atoms with Crippen molar-refractivity contribution < 1.29 is 4.79 Å². The van der Waals surface area contributed by atoms with Crippen molar-refractivity contribution in [2.75, 3.05) is 17.3 Å². The lowest BCUT2D eigenvalue weighted by Crippen LogP contribution is -2.33. The van der Waals surface area contributed by atoms with E-state index >= 15 is 0 Å². The molecular formula is C23H24ClN3OS. The highest BCUT2D eigenvalue weighted by Gasteiger charge is 2.20. The number of nitrogens with zero attached hydrogens (tertiary/aromatic N) is 2. The molecule has 4 rings (SSSR count). The van der Waals surface area contributed by atoms with Gasteiger partial charge in [0.2, 0.25) is 0 Å². The molecule has 1 aromatic heterocycles. The molecule has 4 nitrogen and oxygen atoms in total. The third-order valence-electron chi connectivity index (χ3n) is 5.47. The molecule has 0 saturated heterocycles. The number of rotatable bonds is 5. The van der Waals surface area contributed by atoms with Crippen LogP contribution in [0.2, 0.25) is 5.02 Å². The monoisotopic (exact) mass is 425 g/mol. The van der Waals surface area contributed by atoms with Crippen LogP contribution in [0, 0.1) is 0 Å². The number of carbonyl (C=O) groups excluding carboxylic acids is 1. The highest BCUT2D eigenvalue weighted by Crippen LogP contribution is 2.32. The summed E-state index contributed by atoms with van der Waals surface area (Å²) in [6.45, 7) is 0. The number of hydrogen-bond acceptors (Lipinski definition) is 4. The van der Waals surface area contributed by atoms with Gasteiger partial charge in [0.15, 0.2) is 5.13 Å². The van der Waals surface area contributed by atoms with Gasteiger partial charge in [-0.05, 0) is 37.1 Å². The number of benzene rings is 2. The van der Waals surface area contributed by atoms with Crippen LogP contribution >= 0.6 is 22.9 Å². The number of halogens is 1. The van der Waals surface area contributed by atoms with Crippen LogP contribution in [-0.2, 0) is 0 Å². The first-order chi connectivity index (χ1) is 14.1. The predicted octanol–water partition coefficient (Wildman–Crippen LogP) is 6.48. The quantitative estimate of drug-likeness (QED) is 0.508. The molecule has 1 heterocycles. The van der Waals surface area contributed by atoms with Gasteiger partial charge in [-0.1, -0.05) is 55.1 Å². The molecule has 1 amide bonds. The maximum absolute atomic E-state index is 12.4. The summed E-state index contributed by atoms with van der Waals surface area (Å²) in [5.41, 5.74) is 3.21. The van der Waals surface area contributed by atoms with E-state index in [0.29, 0.717) is 16.6 Å². The van der Waals surface area contributed by atoms with Crippen LogP contribution in [0.4, 0.5) is 10.8 Å². The zero-order valence-corrected chi connectivity index (χ0v) is 18.0. The maximum Gasteiger partial charge on any atom is 0.257 e. The van der Waals surface area contributed by atoms with E-state index in [1.165, 1.54) is 32.1 Å². The zero-order chi connectivity index (χ0) is 20.2. The minimum absolute atomic E-state index is 0.214. The average molecular weight is 426 g/mol. The molecule has 29 heavy (non-hydrogen) atoms. The lowest BCUT2D eigenvalue weighted by molar-refractivity contribution is 0.102. The molecule has 150 valence electrons. The van der Waals surface area contributed by atoms with Crippen LogP contribution in [0.25, 0.3) is 11.3 Å². The van der Waals surface area contributed by atoms with E-state index in [4.69, 9.17) is 16.6 Å². The van der Waals surface area contributed by atoms with Crippen LogP contribution in [0.1, 0.15) is 42.5 Å². The van der Waals surface area contributed by atoms with Crippen LogP contribution in [-0.4, -0.2) is 24.0 Å². The van der Waals surface area contributed by atoms with Gasteiger partial charge in [0.25, 0.3) is 5.91 Å². The minimum Gasteiger partial charge on any atom is -0.348 e. The van der Waals surface area contributed by atoms with Crippen molar-refractivity contribution in [1.29, 1.82) is 0 Å². The first kappa shape index (κ1) is 19.9. The summed E-state index contributed by atoms with van der Waals surface area (Å²) in [4.78, 5) is 19.6. The smallest absolute Gasteiger partial charge is 0.257 e. The minimum atomic E-state index is -0.214. The lowest BCUT2D eigenvalue weighted by atomic mass is 9.95. The molecule has 0 aliphatic heterocycles. The standard InChI is InChI=1S/C23H24ClN3OS/c1-27(18-7-3-2-4-8-18)23-26-21(15-29-23)16-11-13-17(14-12-16)25-22(28)19-9-5-6-10-20(19)24/h5-6,9-15,18H,2-4,7-8H2,1H3,(H,25,28). The summed E-state index contributed by atoms with van der Waals surface area (Å²) in [5.74, 6) is -0.214. The predicted molar refractivity (Wildman–Crippen MR) is 122 cm³/mol. The van der Waals surface area contributed by atoms with E-state index in [9.17, 15) is 4.79 Å².